The Morgan fingerprint density at radius 1 is 1.56 bits per heavy atom. The third kappa shape index (κ3) is 2.48. The van der Waals surface area contributed by atoms with Gasteiger partial charge in [0.1, 0.15) is 5.76 Å². The van der Waals surface area contributed by atoms with E-state index in [9.17, 15) is 0 Å². The number of hydrogen-bond acceptors (Lipinski definition) is 5. The minimum atomic E-state index is 0.234. The van der Waals surface area contributed by atoms with Gasteiger partial charge in [0.15, 0.2) is 0 Å². The normalized spacial score (nSPS) is 12.9. The van der Waals surface area contributed by atoms with E-state index >= 15 is 0 Å². The monoisotopic (exact) mass is 254 g/mol. The van der Waals surface area contributed by atoms with E-state index in [0.29, 0.717) is 11.8 Å². The van der Waals surface area contributed by atoms with Crippen LogP contribution in [0.5, 0.6) is 0 Å². The molecule has 0 saturated heterocycles. The van der Waals surface area contributed by atoms with Crippen LogP contribution in [0.25, 0.3) is 0 Å². The molecule has 0 radical (unpaired) electrons. The van der Waals surface area contributed by atoms with E-state index in [1.807, 2.05) is 19.9 Å². The van der Waals surface area contributed by atoms with Gasteiger partial charge in [0.2, 0.25) is 0 Å². The van der Waals surface area contributed by atoms with E-state index in [4.69, 9.17) is 10.2 Å². The van der Waals surface area contributed by atoms with Crippen LogP contribution in [0.3, 0.4) is 0 Å². The lowest BCUT2D eigenvalue weighted by Crippen LogP contribution is -2.07. The summed E-state index contributed by atoms with van der Waals surface area (Å²) < 4.78 is 5.55. The maximum Gasteiger partial charge on any atom is 0.256 e. The molecule has 3 nitrogen and oxygen atoms in total. The van der Waals surface area contributed by atoms with Crippen LogP contribution in [0.1, 0.15) is 21.6 Å². The van der Waals surface area contributed by atoms with Crippen LogP contribution in [-0.2, 0) is 0 Å². The molecule has 0 aliphatic carbocycles. The van der Waals surface area contributed by atoms with E-state index < -0.39 is 0 Å². The first-order valence-corrected chi connectivity index (χ1v) is 6.80. The molecule has 2 aromatic heterocycles. The summed E-state index contributed by atoms with van der Waals surface area (Å²) in [5.41, 5.74) is 6.72. The van der Waals surface area contributed by atoms with Gasteiger partial charge in [-0.05, 0) is 25.3 Å². The van der Waals surface area contributed by atoms with E-state index in [2.05, 4.69) is 16.4 Å². The number of oxazole rings is 1. The van der Waals surface area contributed by atoms with E-state index in [0.717, 1.165) is 11.5 Å². The van der Waals surface area contributed by atoms with Crippen LogP contribution in [0.4, 0.5) is 0 Å². The fourth-order valence-electron chi connectivity index (χ4n) is 1.31. The number of nitrogens with two attached hydrogens (primary N) is 1. The lowest BCUT2D eigenvalue weighted by molar-refractivity contribution is 0.430. The molecule has 86 valence electrons. The van der Waals surface area contributed by atoms with Crippen molar-refractivity contribution in [2.75, 3.05) is 6.54 Å². The highest BCUT2D eigenvalue weighted by atomic mass is 32.2. The summed E-state index contributed by atoms with van der Waals surface area (Å²) in [5, 5.41) is 3.00. The van der Waals surface area contributed by atoms with Gasteiger partial charge in [-0.2, -0.15) is 0 Å². The number of rotatable bonds is 4. The molecule has 16 heavy (non-hydrogen) atoms. The molecule has 1 atom stereocenters. The van der Waals surface area contributed by atoms with Crippen LogP contribution >= 0.6 is 23.1 Å². The van der Waals surface area contributed by atoms with Crippen molar-refractivity contribution < 1.29 is 4.42 Å². The van der Waals surface area contributed by atoms with Crippen molar-refractivity contribution in [1.82, 2.24) is 4.98 Å². The van der Waals surface area contributed by atoms with E-state index in [1.54, 1.807) is 23.1 Å². The standard InChI is InChI=1S/C11H14N2OS2/c1-7-8(2)14-11(13-7)16-10(6-12)9-4-3-5-15-9/h3-5,10H,6,12H2,1-2H3. The van der Waals surface area contributed by atoms with Gasteiger partial charge < -0.3 is 10.2 Å². The third-order valence-electron chi connectivity index (χ3n) is 2.33. The SMILES string of the molecule is Cc1nc(SC(CN)c2cccs2)oc1C. The Hall–Kier alpha value is -0.780. The topological polar surface area (TPSA) is 52.0 Å². The lowest BCUT2D eigenvalue weighted by Gasteiger charge is -2.08. The zero-order chi connectivity index (χ0) is 11.5. The molecule has 0 fully saturated rings. The third-order valence-corrected chi connectivity index (χ3v) is 4.57. The second-order valence-electron chi connectivity index (χ2n) is 3.48. The largest absolute Gasteiger partial charge is 0.437 e. The molecular weight excluding hydrogens is 240 g/mol. The highest BCUT2D eigenvalue weighted by Gasteiger charge is 2.16. The minimum absolute atomic E-state index is 0.234. The first-order chi connectivity index (χ1) is 7.70. The molecule has 0 aliphatic heterocycles. The van der Waals surface area contributed by atoms with Crippen molar-refractivity contribution in [3.05, 3.63) is 33.8 Å². The van der Waals surface area contributed by atoms with Crippen LogP contribution in [0.2, 0.25) is 0 Å². The number of thiophene rings is 1. The summed E-state index contributed by atoms with van der Waals surface area (Å²) in [6.07, 6.45) is 0. The fraction of sp³-hybridized carbons (Fsp3) is 0.364. The highest BCUT2D eigenvalue weighted by Crippen LogP contribution is 2.36. The highest BCUT2D eigenvalue weighted by molar-refractivity contribution is 7.99. The van der Waals surface area contributed by atoms with Gasteiger partial charge in [-0.3, -0.25) is 0 Å². The quantitative estimate of drug-likeness (QED) is 0.852. The van der Waals surface area contributed by atoms with Crippen molar-refractivity contribution >= 4 is 23.1 Å². The maximum atomic E-state index is 5.77. The van der Waals surface area contributed by atoms with Gasteiger partial charge in [-0.1, -0.05) is 17.8 Å². The maximum absolute atomic E-state index is 5.77. The number of aromatic nitrogens is 1. The molecule has 0 spiro atoms. The number of hydrogen-bond donors (Lipinski definition) is 1. The predicted molar refractivity (Wildman–Crippen MR) is 67.9 cm³/mol. The molecule has 2 N–H and O–H groups in total. The van der Waals surface area contributed by atoms with Crippen LogP contribution in [0, 0.1) is 13.8 Å². The Balaban J connectivity index is 2.13. The molecular formula is C11H14N2OS2. The van der Waals surface area contributed by atoms with Crippen molar-refractivity contribution in [3.63, 3.8) is 0 Å². The van der Waals surface area contributed by atoms with Crippen LogP contribution < -0.4 is 5.73 Å². The summed E-state index contributed by atoms with van der Waals surface area (Å²) in [7, 11) is 0. The van der Waals surface area contributed by atoms with Crippen LogP contribution in [-0.4, -0.2) is 11.5 Å². The average molecular weight is 254 g/mol. The molecule has 1 unspecified atom stereocenters. The zero-order valence-electron chi connectivity index (χ0n) is 9.27. The molecule has 2 rings (SSSR count). The molecule has 2 aromatic rings. The number of nitrogens with zero attached hydrogens (tertiary/aromatic N) is 1. The van der Waals surface area contributed by atoms with Crippen molar-refractivity contribution in [2.45, 2.75) is 24.3 Å². The molecule has 0 aliphatic rings. The van der Waals surface area contributed by atoms with Gasteiger partial charge in [0.05, 0.1) is 10.9 Å². The Bertz CT molecular complexity index is 431. The van der Waals surface area contributed by atoms with Crippen molar-refractivity contribution in [1.29, 1.82) is 0 Å². The van der Waals surface area contributed by atoms with E-state index in [-0.39, 0.29) is 5.25 Å². The first kappa shape index (κ1) is 11.7. The average Bonchev–Trinajstić information content (AvgIpc) is 2.86. The Labute approximate surface area is 103 Å². The molecule has 0 saturated carbocycles. The molecule has 5 heteroatoms. The summed E-state index contributed by atoms with van der Waals surface area (Å²) in [6.45, 7) is 4.46. The predicted octanol–water partition coefficient (Wildman–Crippen LogP) is 3.15. The summed E-state index contributed by atoms with van der Waals surface area (Å²) in [4.78, 5) is 5.62. The second-order valence-corrected chi connectivity index (χ2v) is 5.61. The second kappa shape index (κ2) is 5.03. The lowest BCUT2D eigenvalue weighted by atomic mass is 10.3. The first-order valence-electron chi connectivity index (χ1n) is 5.05. The van der Waals surface area contributed by atoms with Gasteiger partial charge in [0, 0.05) is 11.4 Å². The fourth-order valence-corrected chi connectivity index (χ4v) is 3.24. The van der Waals surface area contributed by atoms with Crippen molar-refractivity contribution in [2.24, 2.45) is 5.73 Å². The Kier molecular flexibility index (Phi) is 3.68. The molecule has 0 amide bonds. The summed E-state index contributed by atoms with van der Waals surface area (Å²) in [5.74, 6) is 0.879. The van der Waals surface area contributed by atoms with Gasteiger partial charge >= 0.3 is 0 Å². The van der Waals surface area contributed by atoms with Gasteiger partial charge in [-0.25, -0.2) is 4.98 Å². The van der Waals surface area contributed by atoms with Gasteiger partial charge in [0.25, 0.3) is 5.22 Å². The van der Waals surface area contributed by atoms with Crippen molar-refractivity contribution in [3.8, 4) is 0 Å². The smallest absolute Gasteiger partial charge is 0.256 e. The minimum Gasteiger partial charge on any atom is -0.437 e. The summed E-state index contributed by atoms with van der Waals surface area (Å²) >= 11 is 3.30. The molecule has 0 aromatic carbocycles. The number of aryl methyl sites for hydroxylation is 2. The Morgan fingerprint density at radius 3 is 2.88 bits per heavy atom. The van der Waals surface area contributed by atoms with E-state index in [1.165, 1.54) is 4.88 Å². The summed E-state index contributed by atoms with van der Waals surface area (Å²) in [6, 6.07) is 4.13. The molecule has 2 heterocycles. The zero-order valence-corrected chi connectivity index (χ0v) is 10.9. The van der Waals surface area contributed by atoms with Gasteiger partial charge in [-0.15, -0.1) is 11.3 Å². The Morgan fingerprint density at radius 2 is 2.38 bits per heavy atom. The molecule has 0 bridgehead atoms. The number of thioether (sulfide) groups is 1. The van der Waals surface area contributed by atoms with Crippen LogP contribution in [0.15, 0.2) is 27.2 Å².